The van der Waals surface area contributed by atoms with Crippen LogP contribution >= 0.6 is 0 Å². The molecule has 0 bridgehead atoms. The number of carbonyl (C=O) groups excluding carboxylic acids is 1. The molecule has 3 aromatic rings. The number of aryl methyl sites for hydroxylation is 2. The molecule has 0 spiro atoms. The van der Waals surface area contributed by atoms with Crippen LogP contribution in [0.5, 0.6) is 0 Å². The number of hydrogen-bond acceptors (Lipinski definition) is 5. The minimum atomic E-state index is -0.537. The van der Waals surface area contributed by atoms with E-state index < -0.39 is 6.10 Å². The summed E-state index contributed by atoms with van der Waals surface area (Å²) in [5.74, 6) is 0.122. The van der Waals surface area contributed by atoms with Gasteiger partial charge in [0.1, 0.15) is 0 Å². The molecule has 140 valence electrons. The summed E-state index contributed by atoms with van der Waals surface area (Å²) >= 11 is 0. The zero-order chi connectivity index (χ0) is 19.0. The van der Waals surface area contributed by atoms with Gasteiger partial charge in [-0.15, -0.1) is 0 Å². The zero-order valence-corrected chi connectivity index (χ0v) is 15.5. The van der Waals surface area contributed by atoms with E-state index in [0.717, 1.165) is 35.1 Å². The molecule has 4 rings (SSSR count). The van der Waals surface area contributed by atoms with E-state index in [-0.39, 0.29) is 11.9 Å². The average Bonchev–Trinajstić information content (AvgIpc) is 3.28. The van der Waals surface area contributed by atoms with E-state index in [1.165, 1.54) is 0 Å². The number of rotatable bonds is 4. The quantitative estimate of drug-likeness (QED) is 0.738. The van der Waals surface area contributed by atoms with Crippen LogP contribution in [0, 0.1) is 19.8 Å². The van der Waals surface area contributed by atoms with Crippen molar-refractivity contribution in [2.24, 2.45) is 5.92 Å². The van der Waals surface area contributed by atoms with E-state index in [2.05, 4.69) is 20.6 Å². The van der Waals surface area contributed by atoms with Crippen LogP contribution in [0.25, 0.3) is 10.9 Å². The highest BCUT2D eigenvalue weighted by Crippen LogP contribution is 2.28. The molecule has 7 nitrogen and oxygen atoms in total. The highest BCUT2D eigenvalue weighted by Gasteiger charge is 2.34. The van der Waals surface area contributed by atoms with Crippen molar-refractivity contribution >= 4 is 16.8 Å². The molecule has 1 fully saturated rings. The Kier molecular flexibility index (Phi) is 4.61. The molecule has 2 heterocycles. The third-order valence-corrected chi connectivity index (χ3v) is 5.46. The maximum absolute atomic E-state index is 12.7. The Labute approximate surface area is 157 Å². The number of aliphatic hydroxyl groups is 1. The molecule has 0 saturated heterocycles. The molecule has 2 aromatic heterocycles. The number of fused-ring (bicyclic) bond motifs is 1. The Bertz CT molecular complexity index is 970. The molecule has 1 aliphatic rings. The van der Waals surface area contributed by atoms with Crippen molar-refractivity contribution in [2.45, 2.75) is 45.4 Å². The molecule has 27 heavy (non-hydrogen) atoms. The molecule has 1 aromatic carbocycles. The Morgan fingerprint density at radius 2 is 2.15 bits per heavy atom. The highest BCUT2D eigenvalue weighted by atomic mass is 16.3. The van der Waals surface area contributed by atoms with Crippen LogP contribution in [0.2, 0.25) is 0 Å². The van der Waals surface area contributed by atoms with Crippen molar-refractivity contribution in [2.75, 3.05) is 0 Å². The van der Waals surface area contributed by atoms with Gasteiger partial charge in [-0.3, -0.25) is 9.48 Å². The molecule has 1 saturated carbocycles. The fraction of sp³-hybridized carbons (Fsp3) is 0.400. The lowest BCUT2D eigenvalue weighted by molar-refractivity contribution is 0.0873. The summed E-state index contributed by atoms with van der Waals surface area (Å²) in [6, 6.07) is 7.06. The highest BCUT2D eigenvalue weighted by molar-refractivity contribution is 5.98. The van der Waals surface area contributed by atoms with Crippen molar-refractivity contribution in [3.05, 3.63) is 53.5 Å². The monoisotopic (exact) mass is 365 g/mol. The van der Waals surface area contributed by atoms with Crippen LogP contribution in [0.1, 0.15) is 34.5 Å². The predicted molar refractivity (Wildman–Crippen MR) is 101 cm³/mol. The lowest BCUT2D eigenvalue weighted by Gasteiger charge is -2.17. The Balaban J connectivity index is 1.47. The van der Waals surface area contributed by atoms with Gasteiger partial charge >= 0.3 is 0 Å². The van der Waals surface area contributed by atoms with Gasteiger partial charge in [0.2, 0.25) is 0 Å². The van der Waals surface area contributed by atoms with Crippen molar-refractivity contribution in [3.8, 4) is 0 Å². The Hall–Kier alpha value is -2.80. The van der Waals surface area contributed by atoms with Gasteiger partial charge in [0.15, 0.2) is 0 Å². The van der Waals surface area contributed by atoms with Crippen molar-refractivity contribution in [3.63, 3.8) is 0 Å². The maximum Gasteiger partial charge on any atom is 0.251 e. The zero-order valence-electron chi connectivity index (χ0n) is 15.5. The molecule has 2 N–H and O–H groups in total. The van der Waals surface area contributed by atoms with Crippen LogP contribution in [-0.4, -0.2) is 43.1 Å². The molecule has 7 heteroatoms. The predicted octanol–water partition coefficient (Wildman–Crippen LogP) is 2.01. The Morgan fingerprint density at radius 1 is 1.30 bits per heavy atom. The first-order chi connectivity index (χ1) is 13.0. The largest absolute Gasteiger partial charge is 0.391 e. The third-order valence-electron chi connectivity index (χ3n) is 5.46. The van der Waals surface area contributed by atoms with E-state index >= 15 is 0 Å². The lowest BCUT2D eigenvalue weighted by Crippen LogP contribution is -2.39. The number of aliphatic hydroxyl groups excluding tert-OH is 1. The number of nitrogens with zero attached hydrogens (tertiary/aromatic N) is 4. The molecule has 0 aliphatic heterocycles. The van der Waals surface area contributed by atoms with Crippen LogP contribution in [0.3, 0.4) is 0 Å². The van der Waals surface area contributed by atoms with E-state index in [9.17, 15) is 9.90 Å². The first kappa shape index (κ1) is 17.6. The Morgan fingerprint density at radius 3 is 2.93 bits per heavy atom. The second-order valence-electron chi connectivity index (χ2n) is 7.36. The number of carbonyl (C=O) groups is 1. The molecular formula is C20H23N5O2. The van der Waals surface area contributed by atoms with Crippen molar-refractivity contribution < 1.29 is 9.90 Å². The van der Waals surface area contributed by atoms with Gasteiger partial charge < -0.3 is 10.4 Å². The SMILES string of the molecule is Cc1nnc2ccc(C(=O)N[C@@H]3CC(Cn4cccn4)C[C@H]3O)cc2c1C. The summed E-state index contributed by atoms with van der Waals surface area (Å²) < 4.78 is 1.87. The summed E-state index contributed by atoms with van der Waals surface area (Å²) in [4.78, 5) is 12.7. The molecule has 1 unspecified atom stereocenters. The summed E-state index contributed by atoms with van der Waals surface area (Å²) in [6.07, 6.45) is 4.53. The van der Waals surface area contributed by atoms with E-state index in [1.54, 1.807) is 12.3 Å². The van der Waals surface area contributed by atoms with Gasteiger partial charge in [0.25, 0.3) is 5.91 Å². The van der Waals surface area contributed by atoms with Gasteiger partial charge in [-0.25, -0.2) is 0 Å². The average molecular weight is 365 g/mol. The summed E-state index contributed by atoms with van der Waals surface area (Å²) in [5, 5.41) is 26.8. The maximum atomic E-state index is 12.7. The second-order valence-corrected chi connectivity index (χ2v) is 7.36. The normalized spacial score (nSPS) is 22.3. The van der Waals surface area contributed by atoms with Crippen LogP contribution in [0.15, 0.2) is 36.7 Å². The fourth-order valence-electron chi connectivity index (χ4n) is 3.81. The van der Waals surface area contributed by atoms with Crippen LogP contribution in [-0.2, 0) is 6.54 Å². The number of amides is 1. The van der Waals surface area contributed by atoms with Gasteiger partial charge in [-0.2, -0.15) is 15.3 Å². The van der Waals surface area contributed by atoms with E-state index in [4.69, 9.17) is 0 Å². The standard InChI is InChI=1S/C20H23N5O2/c1-12-13(2)23-24-17-5-4-15(10-16(12)17)20(27)22-18-8-14(9-19(18)26)11-25-7-3-6-21-25/h3-7,10,14,18-19,26H,8-9,11H2,1-2H3,(H,22,27)/t14?,18-,19-/m1/s1. The van der Waals surface area contributed by atoms with Crippen LogP contribution < -0.4 is 5.32 Å². The van der Waals surface area contributed by atoms with Gasteiger partial charge in [-0.1, -0.05) is 0 Å². The number of nitrogens with one attached hydrogen (secondary N) is 1. The van der Waals surface area contributed by atoms with Gasteiger partial charge in [0, 0.05) is 29.9 Å². The number of aromatic nitrogens is 4. The lowest BCUT2D eigenvalue weighted by atomic mass is 10.0. The minimum Gasteiger partial charge on any atom is -0.391 e. The number of hydrogen-bond donors (Lipinski definition) is 2. The van der Waals surface area contributed by atoms with Crippen molar-refractivity contribution in [1.29, 1.82) is 0 Å². The minimum absolute atomic E-state index is 0.172. The summed E-state index contributed by atoms with van der Waals surface area (Å²) in [7, 11) is 0. The summed E-state index contributed by atoms with van der Waals surface area (Å²) in [6.45, 7) is 4.64. The van der Waals surface area contributed by atoms with E-state index in [1.807, 2.05) is 42.9 Å². The third kappa shape index (κ3) is 3.55. The van der Waals surface area contributed by atoms with E-state index in [0.29, 0.717) is 17.9 Å². The first-order valence-electron chi connectivity index (χ1n) is 9.21. The second kappa shape index (κ2) is 7.08. The van der Waals surface area contributed by atoms with Gasteiger partial charge in [0.05, 0.1) is 23.4 Å². The smallest absolute Gasteiger partial charge is 0.251 e. The molecule has 0 radical (unpaired) electrons. The first-order valence-corrected chi connectivity index (χ1v) is 9.21. The fourth-order valence-corrected chi connectivity index (χ4v) is 3.81. The summed E-state index contributed by atoms with van der Waals surface area (Å²) in [5.41, 5.74) is 3.22. The molecule has 3 atom stereocenters. The van der Waals surface area contributed by atoms with Crippen LogP contribution in [0.4, 0.5) is 0 Å². The topological polar surface area (TPSA) is 92.9 Å². The van der Waals surface area contributed by atoms with Gasteiger partial charge in [-0.05, 0) is 62.4 Å². The number of benzene rings is 1. The molecule has 1 amide bonds. The van der Waals surface area contributed by atoms with Crippen molar-refractivity contribution in [1.82, 2.24) is 25.3 Å². The molecular weight excluding hydrogens is 342 g/mol. The molecule has 1 aliphatic carbocycles.